The lowest BCUT2D eigenvalue weighted by Crippen LogP contribution is -2.13. The van der Waals surface area contributed by atoms with E-state index in [0.29, 0.717) is 28.2 Å². The molecule has 0 unspecified atom stereocenters. The first-order valence-electron chi connectivity index (χ1n) is 9.48. The Balaban J connectivity index is 1.33. The lowest BCUT2D eigenvalue weighted by Gasteiger charge is -2.05. The minimum absolute atomic E-state index is 0.109. The maximum absolute atomic E-state index is 13.7. The maximum atomic E-state index is 13.7. The monoisotopic (exact) mass is 419 g/mol. The van der Waals surface area contributed by atoms with Gasteiger partial charge in [-0.3, -0.25) is 4.79 Å². The topological polar surface area (TPSA) is 114 Å². The molecule has 0 fully saturated rings. The van der Waals surface area contributed by atoms with Crippen molar-refractivity contribution in [3.8, 4) is 28.5 Å². The average molecular weight is 419 g/mol. The molecule has 0 saturated heterocycles. The summed E-state index contributed by atoms with van der Waals surface area (Å²) in [6.45, 7) is 1.67. The Morgan fingerprint density at radius 1 is 1.10 bits per heavy atom. The molecule has 2 N–H and O–H groups in total. The lowest BCUT2D eigenvalue weighted by molar-refractivity contribution is -0.116. The van der Waals surface area contributed by atoms with Crippen LogP contribution in [-0.2, 0) is 11.2 Å². The third-order valence-electron chi connectivity index (χ3n) is 4.50. The van der Waals surface area contributed by atoms with Gasteiger partial charge in [0.2, 0.25) is 17.6 Å². The van der Waals surface area contributed by atoms with Gasteiger partial charge in [0, 0.05) is 24.0 Å². The molecule has 31 heavy (non-hydrogen) atoms. The van der Waals surface area contributed by atoms with Gasteiger partial charge in [-0.15, -0.1) is 0 Å². The Kier molecular flexibility index (Phi) is 5.65. The third kappa shape index (κ3) is 4.89. The molecule has 4 aromatic rings. The van der Waals surface area contributed by atoms with Crippen LogP contribution in [0.15, 0.2) is 59.4 Å². The minimum Gasteiger partial charge on any atom is -0.508 e. The normalized spacial score (nSPS) is 10.8. The van der Waals surface area contributed by atoms with Gasteiger partial charge < -0.3 is 14.9 Å². The summed E-state index contributed by atoms with van der Waals surface area (Å²) < 4.78 is 18.9. The van der Waals surface area contributed by atoms with Gasteiger partial charge in [0.1, 0.15) is 11.6 Å². The molecule has 2 aromatic carbocycles. The number of phenols is 1. The number of carbonyl (C=O) groups is 1. The zero-order valence-electron chi connectivity index (χ0n) is 16.5. The number of halogens is 1. The van der Waals surface area contributed by atoms with Gasteiger partial charge in [-0.1, -0.05) is 29.4 Å². The van der Waals surface area contributed by atoms with Crippen LogP contribution >= 0.6 is 0 Å². The molecule has 0 atom stereocenters. The largest absolute Gasteiger partial charge is 0.508 e. The Morgan fingerprint density at radius 3 is 2.61 bits per heavy atom. The molecule has 0 bridgehead atoms. The summed E-state index contributed by atoms with van der Waals surface area (Å²) in [5.41, 5.74) is 2.14. The summed E-state index contributed by atoms with van der Waals surface area (Å²) in [6.07, 6.45) is 3.32. The van der Waals surface area contributed by atoms with Crippen molar-refractivity contribution in [1.29, 1.82) is 0 Å². The van der Waals surface area contributed by atoms with Crippen LogP contribution in [0.3, 0.4) is 0 Å². The first-order valence-corrected chi connectivity index (χ1v) is 9.48. The smallest absolute Gasteiger partial charge is 0.227 e. The Morgan fingerprint density at radius 2 is 1.87 bits per heavy atom. The summed E-state index contributed by atoms with van der Waals surface area (Å²) >= 11 is 0. The zero-order valence-corrected chi connectivity index (χ0v) is 16.5. The molecule has 0 aliphatic heterocycles. The molecule has 0 spiro atoms. The molecule has 0 aliphatic carbocycles. The van der Waals surface area contributed by atoms with E-state index >= 15 is 0 Å². The van der Waals surface area contributed by atoms with Crippen molar-refractivity contribution >= 4 is 11.6 Å². The molecule has 4 rings (SSSR count). The molecule has 9 heteroatoms. The van der Waals surface area contributed by atoms with E-state index < -0.39 is 0 Å². The molecule has 2 aromatic heterocycles. The molecular formula is C22H18FN5O3. The first-order chi connectivity index (χ1) is 15.0. The molecule has 0 saturated carbocycles. The van der Waals surface area contributed by atoms with Gasteiger partial charge in [-0.2, -0.15) is 4.98 Å². The van der Waals surface area contributed by atoms with Crippen LogP contribution in [-0.4, -0.2) is 31.1 Å². The Hall–Kier alpha value is -4.14. The van der Waals surface area contributed by atoms with Gasteiger partial charge in [0.15, 0.2) is 5.82 Å². The number of hydrogen-bond acceptors (Lipinski definition) is 7. The van der Waals surface area contributed by atoms with E-state index in [1.54, 1.807) is 43.3 Å². The van der Waals surface area contributed by atoms with Gasteiger partial charge in [0.25, 0.3) is 0 Å². The number of rotatable bonds is 6. The standard InChI is InChI=1S/C22H18FN5O3/c1-13-5-6-15(10-18(13)23)22-27-20(31-28-22)8-7-19(30)26-16-11-24-21(25-12-16)14-3-2-4-17(29)9-14/h2-6,9-12,29H,7-8H2,1H3,(H,26,30). The molecular weight excluding hydrogens is 401 g/mol. The number of nitrogens with zero attached hydrogens (tertiary/aromatic N) is 4. The molecule has 0 radical (unpaired) electrons. The van der Waals surface area contributed by atoms with E-state index in [9.17, 15) is 14.3 Å². The summed E-state index contributed by atoms with van der Waals surface area (Å²) in [4.78, 5) is 24.8. The number of amides is 1. The van der Waals surface area contributed by atoms with Crippen LogP contribution in [0.1, 0.15) is 17.9 Å². The highest BCUT2D eigenvalue weighted by molar-refractivity contribution is 5.90. The Bertz CT molecular complexity index is 1220. The maximum Gasteiger partial charge on any atom is 0.227 e. The van der Waals surface area contributed by atoms with Crippen LogP contribution in [0.2, 0.25) is 0 Å². The summed E-state index contributed by atoms with van der Waals surface area (Å²) in [5.74, 6) is 0.484. The first kappa shape index (κ1) is 20.1. The predicted octanol–water partition coefficient (Wildman–Crippen LogP) is 3.92. The number of carbonyl (C=O) groups excluding carboxylic acids is 1. The fraction of sp³-hybridized carbons (Fsp3) is 0.136. The second kappa shape index (κ2) is 8.70. The number of anilines is 1. The highest BCUT2D eigenvalue weighted by atomic mass is 19.1. The summed E-state index contributed by atoms with van der Waals surface area (Å²) in [5, 5.41) is 16.1. The number of benzene rings is 2. The van der Waals surface area contributed by atoms with E-state index in [1.807, 2.05) is 0 Å². The molecule has 0 aliphatic rings. The van der Waals surface area contributed by atoms with Gasteiger partial charge in [-0.05, 0) is 30.7 Å². The van der Waals surface area contributed by atoms with E-state index in [0.717, 1.165) is 0 Å². The number of aromatic hydroxyl groups is 1. The number of phenolic OH excluding ortho intramolecular Hbond substituents is 1. The van der Waals surface area contributed by atoms with Crippen molar-refractivity contribution in [2.45, 2.75) is 19.8 Å². The van der Waals surface area contributed by atoms with Crippen LogP contribution in [0, 0.1) is 12.7 Å². The molecule has 156 valence electrons. The molecule has 1 amide bonds. The van der Waals surface area contributed by atoms with Gasteiger partial charge in [-0.25, -0.2) is 14.4 Å². The van der Waals surface area contributed by atoms with Crippen molar-refractivity contribution in [3.05, 3.63) is 72.1 Å². The van der Waals surface area contributed by atoms with Crippen molar-refractivity contribution in [3.63, 3.8) is 0 Å². The van der Waals surface area contributed by atoms with Gasteiger partial charge in [0.05, 0.1) is 18.1 Å². The highest BCUT2D eigenvalue weighted by Crippen LogP contribution is 2.21. The fourth-order valence-electron chi connectivity index (χ4n) is 2.84. The number of aromatic nitrogens is 4. The van der Waals surface area contributed by atoms with Crippen molar-refractivity contribution in [2.75, 3.05) is 5.32 Å². The van der Waals surface area contributed by atoms with Crippen LogP contribution < -0.4 is 5.32 Å². The third-order valence-corrected chi connectivity index (χ3v) is 4.50. The Labute approximate surface area is 176 Å². The summed E-state index contributed by atoms with van der Waals surface area (Å²) in [6, 6.07) is 11.3. The fourth-order valence-corrected chi connectivity index (χ4v) is 2.84. The van der Waals surface area contributed by atoms with Crippen molar-refractivity contribution < 1.29 is 18.8 Å². The summed E-state index contributed by atoms with van der Waals surface area (Å²) in [7, 11) is 0. The van der Waals surface area contributed by atoms with Gasteiger partial charge >= 0.3 is 0 Å². The lowest BCUT2D eigenvalue weighted by atomic mass is 10.1. The minimum atomic E-state index is -0.347. The second-order valence-electron chi connectivity index (χ2n) is 6.87. The van der Waals surface area contributed by atoms with E-state index in [2.05, 4.69) is 25.4 Å². The second-order valence-corrected chi connectivity index (χ2v) is 6.87. The van der Waals surface area contributed by atoms with Crippen LogP contribution in [0.4, 0.5) is 10.1 Å². The van der Waals surface area contributed by atoms with E-state index in [1.165, 1.54) is 18.5 Å². The quantitative estimate of drug-likeness (QED) is 0.487. The SMILES string of the molecule is Cc1ccc(-c2noc(CCC(=O)Nc3cnc(-c4cccc(O)c4)nc3)n2)cc1F. The van der Waals surface area contributed by atoms with E-state index in [4.69, 9.17) is 4.52 Å². The van der Waals surface area contributed by atoms with E-state index in [-0.39, 0.29) is 42.0 Å². The number of hydrogen-bond donors (Lipinski definition) is 2. The number of aryl methyl sites for hydroxylation is 2. The van der Waals surface area contributed by atoms with Crippen molar-refractivity contribution in [1.82, 2.24) is 20.1 Å². The van der Waals surface area contributed by atoms with Crippen molar-refractivity contribution in [2.24, 2.45) is 0 Å². The zero-order chi connectivity index (χ0) is 21.8. The highest BCUT2D eigenvalue weighted by Gasteiger charge is 2.12. The predicted molar refractivity (Wildman–Crippen MR) is 111 cm³/mol. The van der Waals surface area contributed by atoms with Crippen LogP contribution in [0.25, 0.3) is 22.8 Å². The average Bonchev–Trinajstić information content (AvgIpc) is 3.24. The number of nitrogens with one attached hydrogen (secondary N) is 1. The van der Waals surface area contributed by atoms with Crippen LogP contribution in [0.5, 0.6) is 5.75 Å². The molecule has 8 nitrogen and oxygen atoms in total. The molecule has 2 heterocycles.